The quantitative estimate of drug-likeness (QED) is 0.593. The van der Waals surface area contributed by atoms with Gasteiger partial charge >= 0.3 is 6.16 Å². The third-order valence-corrected chi connectivity index (χ3v) is 3.71. The molecule has 0 amide bonds. The maximum atomic E-state index is 11.1. The second kappa shape index (κ2) is 7.12. The molecule has 0 heterocycles. The minimum Gasteiger partial charge on any atom is -0.437 e. The van der Waals surface area contributed by atoms with Gasteiger partial charge in [-0.1, -0.05) is 55.8 Å². The number of methoxy groups -OCH3 is 1. The Bertz CT molecular complexity index is 612. The summed E-state index contributed by atoms with van der Waals surface area (Å²) in [6.07, 6.45) is -0.702. The maximum absolute atomic E-state index is 11.1. The molecule has 0 saturated heterocycles. The molecule has 0 saturated carbocycles. The van der Waals surface area contributed by atoms with E-state index >= 15 is 0 Å². The third-order valence-electron chi connectivity index (χ3n) is 3.71. The lowest BCUT2D eigenvalue weighted by Crippen LogP contribution is -2.10. The highest BCUT2D eigenvalue weighted by molar-refractivity contribution is 5.63. The van der Waals surface area contributed by atoms with Crippen molar-refractivity contribution >= 4 is 6.16 Å². The Labute approximate surface area is 131 Å². The molecular weight excluding hydrogens is 276 g/mol. The molecule has 1 unspecified atom stereocenters. The number of hydrogen-bond donors (Lipinski definition) is 0. The lowest BCUT2D eigenvalue weighted by molar-refractivity contribution is 0.121. The molecule has 0 aromatic heterocycles. The minimum absolute atomic E-state index is 0.313. The second-order valence-corrected chi connectivity index (χ2v) is 5.76. The average Bonchev–Trinajstić information content (AvgIpc) is 2.50. The van der Waals surface area contributed by atoms with Crippen LogP contribution in [0.4, 0.5) is 4.79 Å². The van der Waals surface area contributed by atoms with Gasteiger partial charge in [0.15, 0.2) is 0 Å². The normalized spacial score (nSPS) is 12.0. The highest BCUT2D eigenvalue weighted by Crippen LogP contribution is 2.32. The molecule has 1 atom stereocenters. The van der Waals surface area contributed by atoms with Crippen molar-refractivity contribution in [1.82, 2.24) is 0 Å². The first kappa shape index (κ1) is 16.1. The van der Waals surface area contributed by atoms with Gasteiger partial charge in [-0.15, -0.1) is 0 Å². The molecule has 0 bridgehead atoms. The number of carbonyl (C=O) groups excluding carboxylic acids is 1. The Morgan fingerprint density at radius 1 is 0.909 bits per heavy atom. The van der Waals surface area contributed by atoms with E-state index in [4.69, 9.17) is 4.74 Å². The number of rotatable bonds is 4. The van der Waals surface area contributed by atoms with Gasteiger partial charge in [0.05, 0.1) is 7.11 Å². The largest absolute Gasteiger partial charge is 0.513 e. The smallest absolute Gasteiger partial charge is 0.437 e. The monoisotopic (exact) mass is 298 g/mol. The summed E-state index contributed by atoms with van der Waals surface area (Å²) < 4.78 is 9.51. The van der Waals surface area contributed by atoms with E-state index in [9.17, 15) is 4.79 Å². The van der Waals surface area contributed by atoms with Gasteiger partial charge in [-0.05, 0) is 36.1 Å². The molecule has 3 nitrogen and oxygen atoms in total. The lowest BCUT2D eigenvalue weighted by Gasteiger charge is -2.22. The van der Waals surface area contributed by atoms with Crippen molar-refractivity contribution in [2.75, 3.05) is 7.11 Å². The summed E-state index contributed by atoms with van der Waals surface area (Å²) in [4.78, 5) is 11.1. The summed E-state index contributed by atoms with van der Waals surface area (Å²) in [5.74, 6) is 1.27. The molecule has 3 heteroatoms. The summed E-state index contributed by atoms with van der Waals surface area (Å²) >= 11 is 0. The Morgan fingerprint density at radius 3 is 1.86 bits per heavy atom. The van der Waals surface area contributed by atoms with Crippen molar-refractivity contribution in [3.63, 3.8) is 0 Å². The zero-order chi connectivity index (χ0) is 16.1. The fourth-order valence-corrected chi connectivity index (χ4v) is 2.62. The van der Waals surface area contributed by atoms with E-state index < -0.39 is 6.16 Å². The van der Waals surface area contributed by atoms with Crippen LogP contribution in [0.25, 0.3) is 0 Å². The van der Waals surface area contributed by atoms with Crippen LogP contribution in [0.3, 0.4) is 0 Å². The van der Waals surface area contributed by atoms with Crippen LogP contribution in [0.2, 0.25) is 0 Å². The number of carbonyl (C=O) groups is 1. The van der Waals surface area contributed by atoms with E-state index in [2.05, 4.69) is 49.8 Å². The molecule has 2 aromatic rings. The van der Waals surface area contributed by atoms with Crippen LogP contribution in [0.5, 0.6) is 5.75 Å². The molecule has 0 aliphatic carbocycles. The highest BCUT2D eigenvalue weighted by Gasteiger charge is 2.18. The Hall–Kier alpha value is -2.29. The van der Waals surface area contributed by atoms with Gasteiger partial charge < -0.3 is 9.47 Å². The Kier molecular flexibility index (Phi) is 5.21. The Balaban J connectivity index is 2.25. The van der Waals surface area contributed by atoms with Crippen molar-refractivity contribution in [3.8, 4) is 5.75 Å². The predicted molar refractivity (Wildman–Crippen MR) is 87.3 cm³/mol. The standard InChI is InChI=1S/C19H22O3/c1-13(2)18(15-7-5-14(3)6-8-15)16-9-11-17(12-10-16)22-19(20)21-4/h5-13,18H,1-4H3. The second-order valence-electron chi connectivity index (χ2n) is 5.76. The molecule has 0 N–H and O–H groups in total. The van der Waals surface area contributed by atoms with Crippen LogP contribution in [-0.4, -0.2) is 13.3 Å². The molecule has 2 aromatic carbocycles. The third kappa shape index (κ3) is 3.88. The van der Waals surface area contributed by atoms with Crippen molar-refractivity contribution in [3.05, 3.63) is 65.2 Å². The van der Waals surface area contributed by atoms with Crippen LogP contribution in [0, 0.1) is 12.8 Å². The van der Waals surface area contributed by atoms with Crippen LogP contribution in [-0.2, 0) is 4.74 Å². The summed E-state index contributed by atoms with van der Waals surface area (Å²) in [6, 6.07) is 16.2. The molecule has 0 spiro atoms. The summed E-state index contributed by atoms with van der Waals surface area (Å²) in [7, 11) is 1.29. The van der Waals surface area contributed by atoms with Crippen LogP contribution in [0.1, 0.15) is 36.5 Å². The highest BCUT2D eigenvalue weighted by atomic mass is 16.7. The maximum Gasteiger partial charge on any atom is 0.513 e. The Morgan fingerprint density at radius 2 is 1.41 bits per heavy atom. The summed E-state index contributed by atoms with van der Waals surface area (Å²) in [6.45, 7) is 6.51. The summed E-state index contributed by atoms with van der Waals surface area (Å²) in [5, 5.41) is 0. The first-order valence-electron chi connectivity index (χ1n) is 7.43. The van der Waals surface area contributed by atoms with Crippen molar-refractivity contribution in [2.45, 2.75) is 26.7 Å². The molecule has 2 rings (SSSR count). The zero-order valence-electron chi connectivity index (χ0n) is 13.5. The van der Waals surface area contributed by atoms with Crippen molar-refractivity contribution in [2.24, 2.45) is 5.92 Å². The van der Waals surface area contributed by atoms with E-state index in [1.807, 2.05) is 12.1 Å². The molecule has 0 radical (unpaired) electrons. The van der Waals surface area contributed by atoms with E-state index in [0.29, 0.717) is 17.6 Å². The first-order valence-corrected chi connectivity index (χ1v) is 7.43. The molecular formula is C19H22O3. The lowest BCUT2D eigenvalue weighted by atomic mass is 9.82. The fourth-order valence-electron chi connectivity index (χ4n) is 2.62. The SMILES string of the molecule is COC(=O)Oc1ccc(C(c2ccc(C)cc2)C(C)C)cc1. The minimum atomic E-state index is -0.702. The van der Waals surface area contributed by atoms with Gasteiger partial charge in [-0.3, -0.25) is 0 Å². The van der Waals surface area contributed by atoms with Crippen molar-refractivity contribution < 1.29 is 14.3 Å². The van der Waals surface area contributed by atoms with Crippen molar-refractivity contribution in [1.29, 1.82) is 0 Å². The molecule has 0 aliphatic rings. The van der Waals surface area contributed by atoms with Gasteiger partial charge in [0.25, 0.3) is 0 Å². The molecule has 116 valence electrons. The average molecular weight is 298 g/mol. The number of aryl methyl sites for hydroxylation is 1. The van der Waals surface area contributed by atoms with Crippen LogP contribution in [0.15, 0.2) is 48.5 Å². The van der Waals surface area contributed by atoms with Gasteiger partial charge in [0, 0.05) is 5.92 Å². The van der Waals surface area contributed by atoms with Gasteiger partial charge in [0.2, 0.25) is 0 Å². The van der Waals surface area contributed by atoms with Crippen LogP contribution >= 0.6 is 0 Å². The van der Waals surface area contributed by atoms with E-state index in [1.165, 1.54) is 23.8 Å². The molecule has 22 heavy (non-hydrogen) atoms. The fraction of sp³-hybridized carbons (Fsp3) is 0.316. The number of ether oxygens (including phenoxy) is 2. The zero-order valence-corrected chi connectivity index (χ0v) is 13.5. The van der Waals surface area contributed by atoms with E-state index in [1.54, 1.807) is 12.1 Å². The van der Waals surface area contributed by atoms with Gasteiger partial charge in [-0.25, -0.2) is 4.79 Å². The molecule has 0 fully saturated rings. The van der Waals surface area contributed by atoms with Crippen LogP contribution < -0.4 is 4.74 Å². The van der Waals surface area contributed by atoms with E-state index in [0.717, 1.165) is 0 Å². The number of hydrogen-bond acceptors (Lipinski definition) is 3. The van der Waals surface area contributed by atoms with Gasteiger partial charge in [0.1, 0.15) is 5.75 Å². The predicted octanol–water partition coefficient (Wildman–Crippen LogP) is 4.93. The van der Waals surface area contributed by atoms with Gasteiger partial charge in [-0.2, -0.15) is 0 Å². The number of benzene rings is 2. The first-order chi connectivity index (χ1) is 10.5. The topological polar surface area (TPSA) is 35.5 Å². The molecule has 0 aliphatic heterocycles. The summed E-state index contributed by atoms with van der Waals surface area (Å²) in [5.41, 5.74) is 3.76. The van der Waals surface area contributed by atoms with E-state index in [-0.39, 0.29) is 0 Å².